The Hall–Kier alpha value is -1.07. The van der Waals surface area contributed by atoms with Crippen LogP contribution in [0.25, 0.3) is 0 Å². The van der Waals surface area contributed by atoms with Gasteiger partial charge in [0.15, 0.2) is 0 Å². The maximum atomic E-state index is 5.37. The van der Waals surface area contributed by atoms with E-state index >= 15 is 0 Å². The van der Waals surface area contributed by atoms with E-state index in [1.54, 1.807) is 0 Å². The summed E-state index contributed by atoms with van der Waals surface area (Å²) in [4.78, 5) is 6.86. The summed E-state index contributed by atoms with van der Waals surface area (Å²) in [5, 5.41) is 3.52. The van der Waals surface area contributed by atoms with Gasteiger partial charge in [0.25, 0.3) is 0 Å². The monoisotopic (exact) mass is 266 g/mol. The van der Waals surface area contributed by atoms with Crippen molar-refractivity contribution in [3.63, 3.8) is 0 Å². The van der Waals surface area contributed by atoms with Crippen LogP contribution in [0.4, 0.5) is 5.95 Å². The van der Waals surface area contributed by atoms with Crippen molar-refractivity contribution in [2.45, 2.75) is 39.3 Å². The summed E-state index contributed by atoms with van der Waals surface area (Å²) in [6.45, 7) is 10.3. The lowest BCUT2D eigenvalue weighted by Crippen LogP contribution is -2.42. The van der Waals surface area contributed by atoms with Gasteiger partial charge < -0.3 is 14.6 Å². The van der Waals surface area contributed by atoms with Crippen LogP contribution in [0, 0.1) is 0 Å². The second kappa shape index (κ2) is 7.50. The zero-order valence-electron chi connectivity index (χ0n) is 12.1. The van der Waals surface area contributed by atoms with Crippen LogP contribution in [-0.4, -0.2) is 53.3 Å². The Morgan fingerprint density at radius 3 is 2.95 bits per heavy atom. The molecule has 0 aromatic carbocycles. The number of rotatable bonds is 7. The molecular formula is C14H26N4O. The number of anilines is 1. The van der Waals surface area contributed by atoms with Crippen molar-refractivity contribution in [3.8, 4) is 0 Å². The van der Waals surface area contributed by atoms with Crippen LogP contribution in [0.5, 0.6) is 0 Å². The van der Waals surface area contributed by atoms with Crippen molar-refractivity contribution in [2.24, 2.45) is 0 Å². The van der Waals surface area contributed by atoms with Gasteiger partial charge in [0.2, 0.25) is 5.95 Å². The van der Waals surface area contributed by atoms with E-state index < -0.39 is 0 Å². The molecule has 0 radical (unpaired) electrons. The Morgan fingerprint density at radius 1 is 1.42 bits per heavy atom. The molecule has 0 amide bonds. The van der Waals surface area contributed by atoms with E-state index in [1.165, 1.54) is 12.8 Å². The lowest BCUT2D eigenvalue weighted by Gasteiger charge is -2.29. The number of aromatic nitrogens is 2. The van der Waals surface area contributed by atoms with Gasteiger partial charge in [-0.3, -0.25) is 4.90 Å². The SMILES string of the molecule is CCCCn1ccnc1NC(C)CN1CCOCC1. The molecule has 0 saturated carbocycles. The van der Waals surface area contributed by atoms with Gasteiger partial charge in [0, 0.05) is 44.6 Å². The molecule has 5 heteroatoms. The maximum absolute atomic E-state index is 5.37. The lowest BCUT2D eigenvalue weighted by atomic mass is 10.3. The predicted octanol–water partition coefficient (Wildman–Crippen LogP) is 1.82. The molecule has 1 atom stereocenters. The molecule has 2 rings (SSSR count). The van der Waals surface area contributed by atoms with E-state index in [1.807, 2.05) is 6.20 Å². The van der Waals surface area contributed by atoms with Crippen molar-refractivity contribution >= 4 is 5.95 Å². The minimum Gasteiger partial charge on any atom is -0.379 e. The molecule has 1 fully saturated rings. The average molecular weight is 266 g/mol. The molecule has 0 bridgehead atoms. The smallest absolute Gasteiger partial charge is 0.203 e. The van der Waals surface area contributed by atoms with Crippen molar-refractivity contribution in [1.82, 2.24) is 14.5 Å². The third-order valence-corrected chi connectivity index (χ3v) is 3.48. The Kier molecular flexibility index (Phi) is 5.66. The second-order valence-electron chi connectivity index (χ2n) is 5.26. The summed E-state index contributed by atoms with van der Waals surface area (Å²) in [6, 6.07) is 0.404. The van der Waals surface area contributed by atoms with Gasteiger partial charge in [-0.05, 0) is 13.3 Å². The van der Waals surface area contributed by atoms with Gasteiger partial charge in [0.1, 0.15) is 0 Å². The van der Waals surface area contributed by atoms with Gasteiger partial charge in [-0.25, -0.2) is 4.98 Å². The van der Waals surface area contributed by atoms with Crippen molar-refractivity contribution in [1.29, 1.82) is 0 Å². The van der Waals surface area contributed by atoms with Crippen LogP contribution in [0.15, 0.2) is 12.4 Å². The maximum Gasteiger partial charge on any atom is 0.203 e. The van der Waals surface area contributed by atoms with Gasteiger partial charge in [-0.15, -0.1) is 0 Å². The van der Waals surface area contributed by atoms with Gasteiger partial charge in [-0.1, -0.05) is 13.3 Å². The van der Waals surface area contributed by atoms with E-state index in [4.69, 9.17) is 4.74 Å². The zero-order chi connectivity index (χ0) is 13.5. The Morgan fingerprint density at radius 2 is 2.21 bits per heavy atom. The van der Waals surface area contributed by atoms with Gasteiger partial charge in [-0.2, -0.15) is 0 Å². The number of nitrogens with one attached hydrogen (secondary N) is 1. The molecule has 1 aromatic rings. The molecule has 0 spiro atoms. The first-order valence-electron chi connectivity index (χ1n) is 7.37. The number of aryl methyl sites for hydroxylation is 1. The normalized spacial score (nSPS) is 18.4. The molecular weight excluding hydrogens is 240 g/mol. The summed E-state index contributed by atoms with van der Waals surface area (Å²) >= 11 is 0. The van der Waals surface area contributed by atoms with Crippen LogP contribution < -0.4 is 5.32 Å². The van der Waals surface area contributed by atoms with Crippen molar-refractivity contribution < 1.29 is 4.74 Å². The number of ether oxygens (including phenoxy) is 1. The van der Waals surface area contributed by atoms with E-state index in [2.05, 4.69) is 39.8 Å². The number of hydrogen-bond acceptors (Lipinski definition) is 4. The summed E-state index contributed by atoms with van der Waals surface area (Å²) in [7, 11) is 0. The highest BCUT2D eigenvalue weighted by Crippen LogP contribution is 2.09. The number of imidazole rings is 1. The molecule has 2 heterocycles. The van der Waals surface area contributed by atoms with E-state index in [9.17, 15) is 0 Å². The highest BCUT2D eigenvalue weighted by atomic mass is 16.5. The lowest BCUT2D eigenvalue weighted by molar-refractivity contribution is 0.0367. The fraction of sp³-hybridized carbons (Fsp3) is 0.786. The first-order valence-corrected chi connectivity index (χ1v) is 7.37. The number of hydrogen-bond donors (Lipinski definition) is 1. The molecule has 0 aliphatic carbocycles. The molecule has 5 nitrogen and oxygen atoms in total. The summed E-state index contributed by atoms with van der Waals surface area (Å²) in [5.74, 6) is 0.995. The minimum atomic E-state index is 0.404. The molecule has 1 saturated heterocycles. The Balaban J connectivity index is 1.80. The molecule has 1 N–H and O–H groups in total. The molecule has 1 aliphatic heterocycles. The molecule has 1 aromatic heterocycles. The largest absolute Gasteiger partial charge is 0.379 e. The van der Waals surface area contributed by atoms with E-state index in [0.717, 1.165) is 45.3 Å². The fourth-order valence-corrected chi connectivity index (χ4v) is 2.40. The molecule has 1 unspecified atom stereocenters. The summed E-state index contributed by atoms with van der Waals surface area (Å²) < 4.78 is 7.58. The first-order chi connectivity index (χ1) is 9.29. The van der Waals surface area contributed by atoms with Gasteiger partial charge >= 0.3 is 0 Å². The molecule has 108 valence electrons. The minimum absolute atomic E-state index is 0.404. The fourth-order valence-electron chi connectivity index (χ4n) is 2.40. The number of unbranched alkanes of at least 4 members (excludes halogenated alkanes) is 1. The topological polar surface area (TPSA) is 42.3 Å². The summed E-state index contributed by atoms with van der Waals surface area (Å²) in [5.41, 5.74) is 0. The number of nitrogens with zero attached hydrogens (tertiary/aromatic N) is 3. The zero-order valence-corrected chi connectivity index (χ0v) is 12.1. The van der Waals surface area contributed by atoms with Gasteiger partial charge in [0.05, 0.1) is 13.2 Å². The van der Waals surface area contributed by atoms with Crippen LogP contribution in [0.1, 0.15) is 26.7 Å². The van der Waals surface area contributed by atoms with Crippen LogP contribution in [0.2, 0.25) is 0 Å². The third-order valence-electron chi connectivity index (χ3n) is 3.48. The Bertz CT molecular complexity index is 360. The predicted molar refractivity (Wildman–Crippen MR) is 77.5 cm³/mol. The quantitative estimate of drug-likeness (QED) is 0.817. The summed E-state index contributed by atoms with van der Waals surface area (Å²) in [6.07, 6.45) is 6.34. The highest BCUT2D eigenvalue weighted by Gasteiger charge is 2.14. The standard InChI is InChI=1S/C14H26N4O/c1-3-4-6-18-7-5-15-14(18)16-13(2)12-17-8-10-19-11-9-17/h5,7,13H,3-4,6,8-12H2,1-2H3,(H,15,16). The van der Waals surface area contributed by atoms with Crippen LogP contribution in [-0.2, 0) is 11.3 Å². The van der Waals surface area contributed by atoms with Crippen LogP contribution in [0.3, 0.4) is 0 Å². The first kappa shape index (κ1) is 14.3. The highest BCUT2D eigenvalue weighted by molar-refractivity contribution is 5.27. The third kappa shape index (κ3) is 4.51. The van der Waals surface area contributed by atoms with E-state index in [0.29, 0.717) is 6.04 Å². The molecule has 1 aliphatic rings. The van der Waals surface area contributed by atoms with Crippen molar-refractivity contribution in [2.75, 3.05) is 38.2 Å². The molecule has 19 heavy (non-hydrogen) atoms. The number of morpholine rings is 1. The van der Waals surface area contributed by atoms with Crippen LogP contribution >= 0.6 is 0 Å². The van der Waals surface area contributed by atoms with E-state index in [-0.39, 0.29) is 0 Å². The Labute approximate surface area is 116 Å². The average Bonchev–Trinajstić information content (AvgIpc) is 2.84. The second-order valence-corrected chi connectivity index (χ2v) is 5.26. The van der Waals surface area contributed by atoms with Crippen molar-refractivity contribution in [3.05, 3.63) is 12.4 Å².